The van der Waals surface area contributed by atoms with Gasteiger partial charge in [-0.05, 0) is 17.7 Å². The zero-order valence-corrected chi connectivity index (χ0v) is 8.89. The van der Waals surface area contributed by atoms with Crippen LogP contribution < -0.4 is 11.1 Å². The summed E-state index contributed by atoms with van der Waals surface area (Å²) < 4.78 is 5.20. The molecular formula is C11H15N3O2. The molecule has 4 N–H and O–H groups in total. The Morgan fingerprint density at radius 2 is 2.38 bits per heavy atom. The van der Waals surface area contributed by atoms with Crippen molar-refractivity contribution >= 4 is 11.1 Å². The smallest absolute Gasteiger partial charge is 0.181 e. The lowest BCUT2D eigenvalue weighted by molar-refractivity contribution is 0.262. The molecule has 2 rings (SSSR count). The minimum absolute atomic E-state index is 0.00581. The summed E-state index contributed by atoms with van der Waals surface area (Å²) in [6.45, 7) is 1.28. The van der Waals surface area contributed by atoms with Crippen molar-refractivity contribution in [2.24, 2.45) is 5.73 Å². The molecule has 0 fully saturated rings. The number of aliphatic hydroxyl groups is 1. The number of rotatable bonds is 5. The molecular weight excluding hydrogens is 206 g/mol. The van der Waals surface area contributed by atoms with Crippen LogP contribution in [0.5, 0.6) is 0 Å². The van der Waals surface area contributed by atoms with Gasteiger partial charge in [0.15, 0.2) is 12.0 Å². The van der Waals surface area contributed by atoms with E-state index in [-0.39, 0.29) is 12.6 Å². The Morgan fingerprint density at radius 3 is 3.19 bits per heavy atom. The van der Waals surface area contributed by atoms with Crippen molar-refractivity contribution in [3.05, 3.63) is 30.2 Å². The van der Waals surface area contributed by atoms with Crippen molar-refractivity contribution in [1.29, 1.82) is 0 Å². The Bertz CT molecular complexity index is 455. The molecule has 0 spiro atoms. The maximum atomic E-state index is 8.76. The van der Waals surface area contributed by atoms with Crippen molar-refractivity contribution in [3.8, 4) is 0 Å². The van der Waals surface area contributed by atoms with Gasteiger partial charge in [0, 0.05) is 19.1 Å². The molecule has 0 saturated carbocycles. The lowest BCUT2D eigenvalue weighted by Crippen LogP contribution is -2.36. The summed E-state index contributed by atoms with van der Waals surface area (Å²) in [5, 5.41) is 11.9. The minimum Gasteiger partial charge on any atom is -0.443 e. The predicted molar refractivity (Wildman–Crippen MR) is 60.8 cm³/mol. The van der Waals surface area contributed by atoms with E-state index >= 15 is 0 Å². The van der Waals surface area contributed by atoms with Crippen LogP contribution in [-0.2, 0) is 6.54 Å². The molecule has 1 unspecified atom stereocenters. The van der Waals surface area contributed by atoms with Crippen molar-refractivity contribution in [2.75, 3.05) is 13.2 Å². The average Bonchev–Trinajstić information content (AvgIpc) is 2.76. The van der Waals surface area contributed by atoms with Crippen molar-refractivity contribution in [1.82, 2.24) is 10.3 Å². The number of oxazole rings is 1. The van der Waals surface area contributed by atoms with E-state index in [1.165, 1.54) is 6.39 Å². The van der Waals surface area contributed by atoms with Gasteiger partial charge in [-0.15, -0.1) is 0 Å². The highest BCUT2D eigenvalue weighted by molar-refractivity contribution is 5.72. The van der Waals surface area contributed by atoms with Crippen LogP contribution in [0.15, 0.2) is 29.0 Å². The van der Waals surface area contributed by atoms with Crippen LogP contribution in [0.2, 0.25) is 0 Å². The topological polar surface area (TPSA) is 84.3 Å². The SMILES string of the molecule is NC(CO)CNCc1ccc2ncoc2c1. The summed E-state index contributed by atoms with van der Waals surface area (Å²) in [5.74, 6) is 0. The summed E-state index contributed by atoms with van der Waals surface area (Å²) >= 11 is 0. The van der Waals surface area contributed by atoms with Crippen LogP contribution in [0.1, 0.15) is 5.56 Å². The summed E-state index contributed by atoms with van der Waals surface area (Å²) in [6.07, 6.45) is 1.43. The summed E-state index contributed by atoms with van der Waals surface area (Å²) in [5.41, 5.74) is 8.32. The third-order valence-corrected chi connectivity index (χ3v) is 2.37. The van der Waals surface area contributed by atoms with Crippen LogP contribution in [0.25, 0.3) is 11.1 Å². The molecule has 5 nitrogen and oxygen atoms in total. The van der Waals surface area contributed by atoms with Crippen LogP contribution in [0, 0.1) is 0 Å². The van der Waals surface area contributed by atoms with Crippen LogP contribution >= 0.6 is 0 Å². The van der Waals surface area contributed by atoms with E-state index in [9.17, 15) is 0 Å². The zero-order valence-electron chi connectivity index (χ0n) is 8.89. The van der Waals surface area contributed by atoms with Gasteiger partial charge in [0.25, 0.3) is 0 Å². The van der Waals surface area contributed by atoms with Crippen molar-refractivity contribution in [3.63, 3.8) is 0 Å². The largest absolute Gasteiger partial charge is 0.443 e. The molecule has 0 bridgehead atoms. The first kappa shape index (κ1) is 11.1. The third kappa shape index (κ3) is 2.57. The number of nitrogens with two attached hydrogens (primary N) is 1. The van der Waals surface area contributed by atoms with E-state index < -0.39 is 0 Å². The van der Waals surface area contributed by atoms with Gasteiger partial charge in [0.1, 0.15) is 5.52 Å². The second kappa shape index (κ2) is 5.07. The Hall–Kier alpha value is -1.43. The van der Waals surface area contributed by atoms with Gasteiger partial charge in [0.05, 0.1) is 6.61 Å². The molecule has 2 aromatic rings. The first-order chi connectivity index (χ1) is 7.79. The maximum Gasteiger partial charge on any atom is 0.181 e. The number of nitrogens with zero attached hydrogens (tertiary/aromatic N) is 1. The van der Waals surface area contributed by atoms with E-state index in [4.69, 9.17) is 15.3 Å². The Balaban J connectivity index is 1.93. The molecule has 0 aliphatic heterocycles. The van der Waals surface area contributed by atoms with Gasteiger partial charge < -0.3 is 20.6 Å². The van der Waals surface area contributed by atoms with Crippen molar-refractivity contribution in [2.45, 2.75) is 12.6 Å². The van der Waals surface area contributed by atoms with Crippen molar-refractivity contribution < 1.29 is 9.52 Å². The van der Waals surface area contributed by atoms with Gasteiger partial charge >= 0.3 is 0 Å². The molecule has 1 aromatic heterocycles. The summed E-state index contributed by atoms with van der Waals surface area (Å²) in [6, 6.07) is 5.64. The number of benzene rings is 1. The molecule has 1 aromatic carbocycles. The number of hydrogen-bond acceptors (Lipinski definition) is 5. The molecule has 16 heavy (non-hydrogen) atoms. The molecule has 0 saturated heterocycles. The quantitative estimate of drug-likeness (QED) is 0.673. The van der Waals surface area contributed by atoms with Gasteiger partial charge in [0.2, 0.25) is 0 Å². The number of hydrogen-bond donors (Lipinski definition) is 3. The first-order valence-electron chi connectivity index (χ1n) is 5.19. The van der Waals surface area contributed by atoms with E-state index in [0.29, 0.717) is 13.1 Å². The second-order valence-corrected chi connectivity index (χ2v) is 3.73. The first-order valence-corrected chi connectivity index (χ1v) is 5.19. The molecule has 86 valence electrons. The fraction of sp³-hybridized carbons (Fsp3) is 0.364. The van der Waals surface area contributed by atoms with Crippen LogP contribution in [0.4, 0.5) is 0 Å². The Labute approximate surface area is 93.3 Å². The standard InChI is InChI=1S/C11H15N3O2/c12-9(6-15)5-13-4-8-1-2-10-11(3-8)16-7-14-10/h1-3,7,9,13,15H,4-6,12H2. The van der Waals surface area contributed by atoms with E-state index in [0.717, 1.165) is 16.7 Å². The minimum atomic E-state index is -0.214. The molecule has 0 radical (unpaired) electrons. The molecule has 0 aliphatic carbocycles. The highest BCUT2D eigenvalue weighted by Gasteiger charge is 2.02. The van der Waals surface area contributed by atoms with E-state index in [1.54, 1.807) is 0 Å². The lowest BCUT2D eigenvalue weighted by atomic mass is 10.2. The molecule has 5 heteroatoms. The van der Waals surface area contributed by atoms with Gasteiger partial charge in [-0.2, -0.15) is 0 Å². The fourth-order valence-electron chi connectivity index (χ4n) is 1.48. The van der Waals surface area contributed by atoms with Crippen LogP contribution in [-0.4, -0.2) is 29.3 Å². The summed E-state index contributed by atoms with van der Waals surface area (Å²) in [7, 11) is 0. The van der Waals surface area contributed by atoms with Gasteiger partial charge in [-0.3, -0.25) is 0 Å². The van der Waals surface area contributed by atoms with E-state index in [1.807, 2.05) is 18.2 Å². The monoisotopic (exact) mass is 221 g/mol. The summed E-state index contributed by atoms with van der Waals surface area (Å²) in [4.78, 5) is 4.04. The number of aliphatic hydroxyl groups excluding tert-OH is 1. The van der Waals surface area contributed by atoms with E-state index in [2.05, 4.69) is 10.3 Å². The molecule has 1 atom stereocenters. The van der Waals surface area contributed by atoms with Gasteiger partial charge in [-0.25, -0.2) is 4.98 Å². The zero-order chi connectivity index (χ0) is 11.4. The maximum absolute atomic E-state index is 8.76. The fourth-order valence-corrected chi connectivity index (χ4v) is 1.48. The second-order valence-electron chi connectivity index (χ2n) is 3.73. The molecule has 1 heterocycles. The van der Waals surface area contributed by atoms with Gasteiger partial charge in [-0.1, -0.05) is 6.07 Å². The average molecular weight is 221 g/mol. The molecule has 0 aliphatic rings. The van der Waals surface area contributed by atoms with Crippen LogP contribution in [0.3, 0.4) is 0 Å². The Kier molecular flexibility index (Phi) is 3.51. The lowest BCUT2D eigenvalue weighted by Gasteiger charge is -2.09. The highest BCUT2D eigenvalue weighted by atomic mass is 16.3. The number of aromatic nitrogens is 1. The third-order valence-electron chi connectivity index (χ3n) is 2.37. The number of nitrogens with one attached hydrogen (secondary N) is 1. The Morgan fingerprint density at radius 1 is 1.50 bits per heavy atom. The molecule has 0 amide bonds. The normalized spacial score (nSPS) is 13.1. The highest BCUT2D eigenvalue weighted by Crippen LogP contribution is 2.13. The predicted octanol–water partition coefficient (Wildman–Crippen LogP) is 0.237. The number of fused-ring (bicyclic) bond motifs is 1.